The number of pyridine rings is 1. The molecule has 134 valence electrons. The summed E-state index contributed by atoms with van der Waals surface area (Å²) in [6.07, 6.45) is 0.767. The van der Waals surface area contributed by atoms with Crippen LogP contribution in [0.1, 0.15) is 51.0 Å². The molecule has 0 radical (unpaired) electrons. The van der Waals surface area contributed by atoms with E-state index in [4.69, 9.17) is 11.6 Å². The highest BCUT2D eigenvalue weighted by Gasteiger charge is 2.21. The summed E-state index contributed by atoms with van der Waals surface area (Å²) >= 11 is 6.15. The van der Waals surface area contributed by atoms with Crippen molar-refractivity contribution in [2.24, 2.45) is 0 Å². The standard InChI is InChI=1S/C19H19ClN4O2/c1-4-9-22-19(26)17-13(7-6-12(3)23-17)18(25)24-16-14(10-21)11(2)5-8-15(16)20/h5-8H,4,9H2,1-3H3,(H,22,26)(H,24,25). The highest BCUT2D eigenvalue weighted by atomic mass is 35.5. The summed E-state index contributed by atoms with van der Waals surface area (Å²) in [4.78, 5) is 29.3. The van der Waals surface area contributed by atoms with Crippen LogP contribution in [-0.2, 0) is 0 Å². The van der Waals surface area contributed by atoms with Crippen molar-refractivity contribution >= 4 is 29.1 Å². The van der Waals surface area contributed by atoms with Crippen molar-refractivity contribution in [2.45, 2.75) is 27.2 Å². The van der Waals surface area contributed by atoms with E-state index in [0.717, 1.165) is 6.42 Å². The van der Waals surface area contributed by atoms with Crippen molar-refractivity contribution in [1.29, 1.82) is 5.26 Å². The van der Waals surface area contributed by atoms with Crippen molar-refractivity contribution in [3.05, 3.63) is 57.4 Å². The minimum atomic E-state index is -0.553. The number of nitrogens with zero attached hydrogens (tertiary/aromatic N) is 2. The maximum atomic E-state index is 12.8. The predicted molar refractivity (Wildman–Crippen MR) is 100 cm³/mol. The van der Waals surface area contributed by atoms with Crippen LogP contribution < -0.4 is 10.6 Å². The Kier molecular flexibility index (Phi) is 6.31. The molecule has 0 fully saturated rings. The molecule has 1 aromatic heterocycles. The first-order valence-electron chi connectivity index (χ1n) is 8.15. The number of aromatic nitrogens is 1. The highest BCUT2D eigenvalue weighted by Crippen LogP contribution is 2.29. The van der Waals surface area contributed by atoms with Crippen LogP contribution in [0.15, 0.2) is 24.3 Å². The number of nitriles is 1. The fraction of sp³-hybridized carbons (Fsp3) is 0.263. The van der Waals surface area contributed by atoms with Crippen molar-refractivity contribution < 1.29 is 9.59 Å². The van der Waals surface area contributed by atoms with E-state index < -0.39 is 11.8 Å². The van der Waals surface area contributed by atoms with Gasteiger partial charge >= 0.3 is 0 Å². The Morgan fingerprint density at radius 2 is 1.92 bits per heavy atom. The van der Waals surface area contributed by atoms with Gasteiger partial charge in [0.2, 0.25) is 0 Å². The second-order valence-electron chi connectivity index (χ2n) is 5.78. The monoisotopic (exact) mass is 370 g/mol. The van der Waals surface area contributed by atoms with E-state index in [0.29, 0.717) is 17.8 Å². The molecule has 2 aromatic rings. The van der Waals surface area contributed by atoms with Crippen LogP contribution in [0.25, 0.3) is 0 Å². The number of carbonyl (C=O) groups excluding carboxylic acids is 2. The molecule has 0 spiro atoms. The van der Waals surface area contributed by atoms with Gasteiger partial charge in [-0.05, 0) is 44.0 Å². The highest BCUT2D eigenvalue weighted by molar-refractivity contribution is 6.34. The molecule has 1 heterocycles. The van der Waals surface area contributed by atoms with E-state index in [9.17, 15) is 14.9 Å². The Hall–Kier alpha value is -2.91. The molecule has 2 N–H and O–H groups in total. The number of hydrogen-bond acceptors (Lipinski definition) is 4. The number of halogens is 1. The van der Waals surface area contributed by atoms with Crippen LogP contribution in [0, 0.1) is 25.2 Å². The van der Waals surface area contributed by atoms with Gasteiger partial charge in [0.1, 0.15) is 11.8 Å². The summed E-state index contributed by atoms with van der Waals surface area (Å²) in [5, 5.41) is 15.0. The molecule has 0 atom stereocenters. The quantitative estimate of drug-likeness (QED) is 0.840. The molecule has 0 unspecified atom stereocenters. The van der Waals surface area contributed by atoms with Gasteiger partial charge in [0, 0.05) is 12.2 Å². The average molecular weight is 371 g/mol. The van der Waals surface area contributed by atoms with E-state index in [2.05, 4.69) is 15.6 Å². The third-order valence-corrected chi connectivity index (χ3v) is 4.06. The Balaban J connectivity index is 2.42. The second kappa shape index (κ2) is 8.45. The van der Waals surface area contributed by atoms with Gasteiger partial charge in [0.25, 0.3) is 11.8 Å². The molecule has 7 heteroatoms. The first kappa shape index (κ1) is 19.4. The van der Waals surface area contributed by atoms with E-state index in [1.54, 1.807) is 32.0 Å². The van der Waals surface area contributed by atoms with Gasteiger partial charge < -0.3 is 10.6 Å². The first-order chi connectivity index (χ1) is 12.4. The number of nitrogens with one attached hydrogen (secondary N) is 2. The van der Waals surface area contributed by atoms with Crippen LogP contribution in [-0.4, -0.2) is 23.3 Å². The molecule has 2 rings (SSSR count). The zero-order valence-corrected chi connectivity index (χ0v) is 15.6. The Morgan fingerprint density at radius 1 is 1.19 bits per heavy atom. The van der Waals surface area contributed by atoms with Crippen LogP contribution >= 0.6 is 11.6 Å². The molecule has 0 aliphatic heterocycles. The van der Waals surface area contributed by atoms with Crippen LogP contribution in [0.2, 0.25) is 5.02 Å². The molecule has 2 amide bonds. The fourth-order valence-electron chi connectivity index (χ4n) is 2.36. The number of anilines is 1. The third-order valence-electron chi connectivity index (χ3n) is 3.74. The molecule has 1 aromatic carbocycles. The number of hydrogen-bond donors (Lipinski definition) is 2. The Labute approximate surface area is 157 Å². The number of aryl methyl sites for hydroxylation is 2. The first-order valence-corrected chi connectivity index (χ1v) is 8.53. The number of amides is 2. The molecular formula is C19H19ClN4O2. The lowest BCUT2D eigenvalue weighted by Gasteiger charge is -2.13. The normalized spacial score (nSPS) is 10.1. The van der Waals surface area contributed by atoms with Crippen molar-refractivity contribution in [3.8, 4) is 6.07 Å². The van der Waals surface area contributed by atoms with Crippen LogP contribution in [0.3, 0.4) is 0 Å². The van der Waals surface area contributed by atoms with Gasteiger partial charge in [-0.15, -0.1) is 0 Å². The van der Waals surface area contributed by atoms with Crippen molar-refractivity contribution in [3.63, 3.8) is 0 Å². The topological polar surface area (TPSA) is 94.9 Å². The summed E-state index contributed by atoms with van der Waals surface area (Å²) in [5.74, 6) is -0.973. The Morgan fingerprint density at radius 3 is 2.58 bits per heavy atom. The van der Waals surface area contributed by atoms with Crippen molar-refractivity contribution in [2.75, 3.05) is 11.9 Å². The molecule has 0 aliphatic rings. The maximum Gasteiger partial charge on any atom is 0.270 e. The fourth-order valence-corrected chi connectivity index (χ4v) is 2.57. The van der Waals surface area contributed by atoms with Crippen molar-refractivity contribution in [1.82, 2.24) is 10.3 Å². The number of rotatable bonds is 5. The summed E-state index contributed by atoms with van der Waals surface area (Å²) < 4.78 is 0. The zero-order valence-electron chi connectivity index (χ0n) is 14.8. The van der Waals surface area contributed by atoms with Gasteiger partial charge in [-0.3, -0.25) is 9.59 Å². The lowest BCUT2D eigenvalue weighted by Crippen LogP contribution is -2.28. The van der Waals surface area contributed by atoms with Gasteiger partial charge in [0.15, 0.2) is 0 Å². The molecule has 0 bridgehead atoms. The van der Waals surface area contributed by atoms with E-state index >= 15 is 0 Å². The molecule has 6 nitrogen and oxygen atoms in total. The van der Waals surface area contributed by atoms with Crippen LogP contribution in [0.5, 0.6) is 0 Å². The van der Waals surface area contributed by atoms with E-state index in [1.807, 2.05) is 13.0 Å². The Bertz CT molecular complexity index is 903. The molecule has 26 heavy (non-hydrogen) atoms. The zero-order chi connectivity index (χ0) is 19.3. The summed E-state index contributed by atoms with van der Waals surface area (Å²) in [6.45, 7) is 5.91. The number of benzene rings is 1. The minimum absolute atomic E-state index is 0.0400. The number of carbonyl (C=O) groups is 2. The maximum absolute atomic E-state index is 12.8. The third kappa shape index (κ3) is 4.19. The van der Waals surface area contributed by atoms with E-state index in [1.165, 1.54) is 6.07 Å². The minimum Gasteiger partial charge on any atom is -0.351 e. The molecule has 0 saturated heterocycles. The predicted octanol–water partition coefficient (Wildman–Crippen LogP) is 3.62. The van der Waals surface area contributed by atoms with E-state index in [-0.39, 0.29) is 27.5 Å². The molecule has 0 aliphatic carbocycles. The lowest BCUT2D eigenvalue weighted by molar-refractivity contribution is 0.0935. The average Bonchev–Trinajstić information content (AvgIpc) is 2.62. The molecule has 0 saturated carbocycles. The van der Waals surface area contributed by atoms with Gasteiger partial charge in [0.05, 0.1) is 21.8 Å². The summed E-state index contributed by atoms with van der Waals surface area (Å²) in [6, 6.07) is 8.53. The van der Waals surface area contributed by atoms with Gasteiger partial charge in [-0.25, -0.2) is 4.98 Å². The molecular weight excluding hydrogens is 352 g/mol. The van der Waals surface area contributed by atoms with Gasteiger partial charge in [-0.1, -0.05) is 24.6 Å². The van der Waals surface area contributed by atoms with Gasteiger partial charge in [-0.2, -0.15) is 5.26 Å². The second-order valence-corrected chi connectivity index (χ2v) is 6.19. The van der Waals surface area contributed by atoms with Crippen LogP contribution in [0.4, 0.5) is 5.69 Å². The largest absolute Gasteiger partial charge is 0.351 e. The summed E-state index contributed by atoms with van der Waals surface area (Å²) in [5.41, 5.74) is 1.97. The smallest absolute Gasteiger partial charge is 0.270 e. The SMILES string of the molecule is CCCNC(=O)c1nc(C)ccc1C(=O)Nc1c(Cl)ccc(C)c1C#N. The lowest BCUT2D eigenvalue weighted by atomic mass is 10.1. The summed E-state index contributed by atoms with van der Waals surface area (Å²) in [7, 11) is 0.